The molecule has 0 saturated carbocycles. The van der Waals surface area contributed by atoms with Crippen LogP contribution >= 0.6 is 0 Å². The molecule has 1 aromatic carbocycles. The Morgan fingerprint density at radius 3 is 2.79 bits per heavy atom. The highest BCUT2D eigenvalue weighted by Crippen LogP contribution is 2.19. The van der Waals surface area contributed by atoms with Gasteiger partial charge in [-0.25, -0.2) is 4.98 Å². The number of aryl methyl sites for hydroxylation is 2. The summed E-state index contributed by atoms with van der Waals surface area (Å²) < 4.78 is 0. The van der Waals surface area contributed by atoms with E-state index < -0.39 is 0 Å². The highest BCUT2D eigenvalue weighted by molar-refractivity contribution is 5.56. The first-order valence-corrected chi connectivity index (χ1v) is 6.00. The largest absolute Gasteiger partial charge is 0.508 e. The Morgan fingerprint density at radius 1 is 1.32 bits per heavy atom. The Balaban J connectivity index is 2.22. The molecule has 0 aliphatic heterocycles. The Hall–Kier alpha value is -2.54. The van der Waals surface area contributed by atoms with Crippen LogP contribution in [0.3, 0.4) is 0 Å². The molecule has 0 aliphatic carbocycles. The van der Waals surface area contributed by atoms with E-state index in [0.717, 1.165) is 16.8 Å². The minimum Gasteiger partial charge on any atom is -0.508 e. The molecule has 0 aliphatic rings. The van der Waals surface area contributed by atoms with E-state index in [0.29, 0.717) is 17.9 Å². The Kier molecular flexibility index (Phi) is 3.67. The van der Waals surface area contributed by atoms with E-state index in [2.05, 4.69) is 16.4 Å². The molecule has 2 aromatic rings. The van der Waals surface area contributed by atoms with Gasteiger partial charge in [0.1, 0.15) is 17.6 Å². The van der Waals surface area contributed by atoms with Gasteiger partial charge in [-0.2, -0.15) is 5.26 Å². The number of hydrogen-bond donors (Lipinski definition) is 2. The second-order valence-corrected chi connectivity index (χ2v) is 4.44. The average Bonchev–Trinajstić information content (AvgIpc) is 2.36. The Morgan fingerprint density at radius 2 is 2.11 bits per heavy atom. The van der Waals surface area contributed by atoms with Gasteiger partial charge in [0.15, 0.2) is 0 Å². The number of phenols is 1. The predicted octanol–water partition coefficient (Wildman–Crippen LogP) is 2.89. The number of nitrogens with one attached hydrogen (secondary N) is 1. The van der Waals surface area contributed by atoms with E-state index in [1.165, 1.54) is 0 Å². The summed E-state index contributed by atoms with van der Waals surface area (Å²) >= 11 is 0. The van der Waals surface area contributed by atoms with Crippen molar-refractivity contribution in [3.63, 3.8) is 0 Å². The topological polar surface area (TPSA) is 68.9 Å². The fourth-order valence-electron chi connectivity index (χ4n) is 1.96. The summed E-state index contributed by atoms with van der Waals surface area (Å²) in [7, 11) is 0. The van der Waals surface area contributed by atoms with Crippen molar-refractivity contribution in [2.75, 3.05) is 5.32 Å². The molecule has 0 amide bonds. The highest BCUT2D eigenvalue weighted by Gasteiger charge is 2.08. The Labute approximate surface area is 112 Å². The summed E-state index contributed by atoms with van der Waals surface area (Å²) in [6.07, 6.45) is 0. The summed E-state index contributed by atoms with van der Waals surface area (Å²) in [5, 5.41) is 21.7. The lowest BCUT2D eigenvalue weighted by Gasteiger charge is -2.10. The first-order chi connectivity index (χ1) is 9.10. The van der Waals surface area contributed by atoms with Crippen molar-refractivity contribution in [3.05, 3.63) is 52.7 Å². The maximum Gasteiger partial charge on any atom is 0.144 e. The van der Waals surface area contributed by atoms with Crippen LogP contribution < -0.4 is 5.32 Å². The van der Waals surface area contributed by atoms with E-state index in [-0.39, 0.29) is 5.75 Å². The van der Waals surface area contributed by atoms with Crippen LogP contribution in [0.15, 0.2) is 30.3 Å². The number of pyridine rings is 1. The molecule has 1 aromatic heterocycles. The molecule has 0 atom stereocenters. The van der Waals surface area contributed by atoms with Crippen LogP contribution in [-0.2, 0) is 6.54 Å². The molecule has 0 spiro atoms. The average molecular weight is 253 g/mol. The third-order valence-electron chi connectivity index (χ3n) is 2.83. The summed E-state index contributed by atoms with van der Waals surface area (Å²) in [6.45, 7) is 4.30. The van der Waals surface area contributed by atoms with E-state index in [1.54, 1.807) is 18.2 Å². The van der Waals surface area contributed by atoms with Gasteiger partial charge in [0.2, 0.25) is 0 Å². The molecule has 0 bridgehead atoms. The van der Waals surface area contributed by atoms with Gasteiger partial charge < -0.3 is 10.4 Å². The SMILES string of the molecule is Cc1cc(C)c(C#N)c(NCc2cccc(O)c2)n1. The standard InChI is InChI=1S/C15H15N3O/c1-10-6-11(2)18-15(14(10)8-16)17-9-12-4-3-5-13(19)7-12/h3-7,19H,9H2,1-2H3,(H,17,18). The summed E-state index contributed by atoms with van der Waals surface area (Å²) in [5.41, 5.74) is 3.28. The number of nitrogens with zero attached hydrogens (tertiary/aromatic N) is 2. The number of anilines is 1. The van der Waals surface area contributed by atoms with E-state index >= 15 is 0 Å². The molecule has 4 heteroatoms. The maximum atomic E-state index is 9.40. The van der Waals surface area contributed by atoms with Crippen molar-refractivity contribution in [1.82, 2.24) is 4.98 Å². The molecule has 4 nitrogen and oxygen atoms in total. The molecule has 1 heterocycles. The van der Waals surface area contributed by atoms with Crippen LogP contribution in [0.1, 0.15) is 22.4 Å². The third kappa shape index (κ3) is 3.02. The fraction of sp³-hybridized carbons (Fsp3) is 0.200. The van der Waals surface area contributed by atoms with Gasteiger partial charge in [-0.3, -0.25) is 0 Å². The molecule has 2 rings (SSSR count). The van der Waals surface area contributed by atoms with E-state index in [1.807, 2.05) is 26.0 Å². The van der Waals surface area contributed by atoms with Crippen LogP contribution in [0.4, 0.5) is 5.82 Å². The lowest BCUT2D eigenvalue weighted by atomic mass is 10.1. The first-order valence-electron chi connectivity index (χ1n) is 6.00. The minimum absolute atomic E-state index is 0.230. The van der Waals surface area contributed by atoms with Crippen molar-refractivity contribution < 1.29 is 5.11 Å². The number of aromatic hydroxyl groups is 1. The van der Waals surface area contributed by atoms with E-state index in [9.17, 15) is 5.11 Å². The molecule has 96 valence electrons. The molecule has 0 radical (unpaired) electrons. The zero-order valence-electron chi connectivity index (χ0n) is 10.9. The van der Waals surface area contributed by atoms with Crippen molar-refractivity contribution >= 4 is 5.82 Å². The quantitative estimate of drug-likeness (QED) is 0.882. The monoisotopic (exact) mass is 253 g/mol. The van der Waals surface area contributed by atoms with Gasteiger partial charge in [-0.15, -0.1) is 0 Å². The van der Waals surface area contributed by atoms with Crippen molar-refractivity contribution in [3.8, 4) is 11.8 Å². The van der Waals surface area contributed by atoms with Gasteiger partial charge >= 0.3 is 0 Å². The van der Waals surface area contributed by atoms with Crippen LogP contribution in [0, 0.1) is 25.2 Å². The van der Waals surface area contributed by atoms with Gasteiger partial charge in [-0.05, 0) is 43.2 Å². The summed E-state index contributed by atoms with van der Waals surface area (Å²) in [4.78, 5) is 4.35. The second kappa shape index (κ2) is 5.40. The number of aromatic nitrogens is 1. The summed E-state index contributed by atoms with van der Waals surface area (Å²) in [5.74, 6) is 0.816. The molecule has 19 heavy (non-hydrogen) atoms. The molecule has 0 fully saturated rings. The Bertz CT molecular complexity index is 644. The molecular formula is C15H15N3O. The van der Waals surface area contributed by atoms with Gasteiger partial charge in [0.25, 0.3) is 0 Å². The molecule has 0 unspecified atom stereocenters. The number of phenolic OH excluding ortho intramolecular Hbond substituents is 1. The minimum atomic E-state index is 0.230. The van der Waals surface area contributed by atoms with Gasteiger partial charge in [-0.1, -0.05) is 12.1 Å². The lowest BCUT2D eigenvalue weighted by molar-refractivity contribution is 0.474. The number of hydrogen-bond acceptors (Lipinski definition) is 4. The van der Waals surface area contributed by atoms with Crippen LogP contribution in [0.25, 0.3) is 0 Å². The van der Waals surface area contributed by atoms with E-state index in [4.69, 9.17) is 5.26 Å². The fourth-order valence-corrected chi connectivity index (χ4v) is 1.96. The van der Waals surface area contributed by atoms with Crippen LogP contribution in [0.2, 0.25) is 0 Å². The molecule has 2 N–H and O–H groups in total. The normalized spacial score (nSPS) is 9.95. The molecule has 0 saturated heterocycles. The van der Waals surface area contributed by atoms with Crippen molar-refractivity contribution in [2.24, 2.45) is 0 Å². The lowest BCUT2D eigenvalue weighted by Crippen LogP contribution is -2.05. The van der Waals surface area contributed by atoms with Crippen molar-refractivity contribution in [2.45, 2.75) is 20.4 Å². The molecular weight excluding hydrogens is 238 g/mol. The van der Waals surface area contributed by atoms with Crippen LogP contribution in [0.5, 0.6) is 5.75 Å². The first kappa shape index (κ1) is 12.9. The zero-order valence-corrected chi connectivity index (χ0v) is 10.9. The van der Waals surface area contributed by atoms with Gasteiger partial charge in [0, 0.05) is 12.2 Å². The van der Waals surface area contributed by atoms with Crippen molar-refractivity contribution in [1.29, 1.82) is 5.26 Å². The highest BCUT2D eigenvalue weighted by atomic mass is 16.3. The maximum absolute atomic E-state index is 9.40. The number of benzene rings is 1. The predicted molar refractivity (Wildman–Crippen MR) is 73.9 cm³/mol. The van der Waals surface area contributed by atoms with Crippen LogP contribution in [-0.4, -0.2) is 10.1 Å². The summed E-state index contributed by atoms with van der Waals surface area (Å²) in [6, 6.07) is 11.0. The zero-order chi connectivity index (χ0) is 13.8. The smallest absolute Gasteiger partial charge is 0.144 e. The third-order valence-corrected chi connectivity index (χ3v) is 2.83. The second-order valence-electron chi connectivity index (χ2n) is 4.44. The van der Waals surface area contributed by atoms with Gasteiger partial charge in [0.05, 0.1) is 5.56 Å². The number of rotatable bonds is 3. The number of nitriles is 1.